The van der Waals surface area contributed by atoms with Crippen LogP contribution in [0.15, 0.2) is 24.3 Å². The number of hydrogen-bond acceptors (Lipinski definition) is 3. The van der Waals surface area contributed by atoms with Crippen LogP contribution in [-0.4, -0.2) is 18.8 Å². The van der Waals surface area contributed by atoms with Crippen LogP contribution in [0.5, 0.6) is 0 Å². The highest BCUT2D eigenvalue weighted by molar-refractivity contribution is 5.26. The van der Waals surface area contributed by atoms with Crippen LogP contribution in [-0.2, 0) is 17.3 Å². The molecule has 1 unspecified atom stereocenters. The first kappa shape index (κ1) is 15.9. The number of hydrogen-bond donors (Lipinski definition) is 2. The summed E-state index contributed by atoms with van der Waals surface area (Å²) in [5, 5.41) is 0. The molecule has 1 aromatic carbocycles. The Morgan fingerprint density at radius 2 is 1.95 bits per heavy atom. The van der Waals surface area contributed by atoms with E-state index < -0.39 is 17.3 Å². The molecule has 1 atom stereocenters. The van der Waals surface area contributed by atoms with Crippen LogP contribution in [0.2, 0.25) is 0 Å². The van der Waals surface area contributed by atoms with Crippen molar-refractivity contribution in [1.29, 1.82) is 0 Å². The summed E-state index contributed by atoms with van der Waals surface area (Å²) < 4.78 is 43.2. The van der Waals surface area contributed by atoms with Crippen molar-refractivity contribution in [3.63, 3.8) is 0 Å². The molecule has 19 heavy (non-hydrogen) atoms. The summed E-state index contributed by atoms with van der Waals surface area (Å²) in [6, 6.07) is 4.93. The zero-order valence-corrected chi connectivity index (χ0v) is 11.2. The van der Waals surface area contributed by atoms with Gasteiger partial charge in [0.15, 0.2) is 0 Å². The Labute approximate surface area is 110 Å². The molecule has 0 radical (unpaired) electrons. The van der Waals surface area contributed by atoms with E-state index in [0.717, 1.165) is 12.1 Å². The number of ether oxygens (including phenoxy) is 1. The van der Waals surface area contributed by atoms with Gasteiger partial charge in [0.25, 0.3) is 0 Å². The normalized spacial score (nSPS) is 14.5. The number of rotatable bonds is 5. The van der Waals surface area contributed by atoms with E-state index >= 15 is 0 Å². The number of hydrazine groups is 1. The van der Waals surface area contributed by atoms with Crippen LogP contribution in [0.4, 0.5) is 13.2 Å². The third kappa shape index (κ3) is 4.19. The minimum absolute atomic E-state index is 0.291. The van der Waals surface area contributed by atoms with E-state index in [1.54, 1.807) is 6.07 Å². The molecule has 1 rings (SSSR count). The number of benzene rings is 1. The summed E-state index contributed by atoms with van der Waals surface area (Å²) in [4.78, 5) is 0. The van der Waals surface area contributed by atoms with Gasteiger partial charge in [-0.15, -0.1) is 0 Å². The maximum absolute atomic E-state index is 12.6. The van der Waals surface area contributed by atoms with Crippen molar-refractivity contribution in [2.75, 3.05) is 7.11 Å². The Balaban J connectivity index is 2.93. The summed E-state index contributed by atoms with van der Waals surface area (Å²) in [6.07, 6.45) is -3.99. The van der Waals surface area contributed by atoms with Gasteiger partial charge in [-0.2, -0.15) is 13.2 Å². The Hall–Kier alpha value is -1.11. The third-order valence-electron chi connectivity index (χ3n) is 3.26. The van der Waals surface area contributed by atoms with Gasteiger partial charge >= 0.3 is 6.18 Å². The third-order valence-corrected chi connectivity index (χ3v) is 3.26. The lowest BCUT2D eigenvalue weighted by atomic mass is 9.92. The van der Waals surface area contributed by atoms with Gasteiger partial charge in [0.2, 0.25) is 0 Å². The van der Waals surface area contributed by atoms with Crippen molar-refractivity contribution < 1.29 is 17.9 Å². The van der Waals surface area contributed by atoms with Crippen LogP contribution in [0.3, 0.4) is 0 Å². The minimum atomic E-state index is -4.33. The van der Waals surface area contributed by atoms with Gasteiger partial charge in [-0.3, -0.25) is 11.3 Å². The average Bonchev–Trinajstić information content (AvgIpc) is 2.35. The maximum Gasteiger partial charge on any atom is 0.416 e. The zero-order valence-electron chi connectivity index (χ0n) is 11.2. The maximum atomic E-state index is 12.6. The number of nitrogens with one attached hydrogen (secondary N) is 1. The van der Waals surface area contributed by atoms with Gasteiger partial charge in [0.05, 0.1) is 17.2 Å². The van der Waals surface area contributed by atoms with Crippen LogP contribution in [0, 0.1) is 0 Å². The van der Waals surface area contributed by atoms with E-state index in [1.807, 2.05) is 13.8 Å². The van der Waals surface area contributed by atoms with E-state index in [1.165, 1.54) is 13.2 Å². The van der Waals surface area contributed by atoms with Crippen LogP contribution in [0.25, 0.3) is 0 Å². The molecule has 0 aliphatic carbocycles. The second-order valence-corrected chi connectivity index (χ2v) is 4.93. The van der Waals surface area contributed by atoms with Crippen molar-refractivity contribution in [3.8, 4) is 0 Å². The summed E-state index contributed by atoms with van der Waals surface area (Å²) in [6.45, 7) is 3.65. The molecule has 0 aliphatic rings. The predicted octanol–water partition coefficient (Wildman–Crippen LogP) is 2.50. The molecule has 0 saturated carbocycles. The van der Waals surface area contributed by atoms with E-state index in [4.69, 9.17) is 10.6 Å². The molecule has 0 amide bonds. The quantitative estimate of drug-likeness (QED) is 0.641. The first-order chi connectivity index (χ1) is 8.70. The molecule has 0 fully saturated rings. The van der Waals surface area contributed by atoms with Crippen molar-refractivity contribution >= 4 is 0 Å². The molecule has 0 saturated heterocycles. The van der Waals surface area contributed by atoms with Crippen molar-refractivity contribution in [3.05, 3.63) is 35.4 Å². The highest BCUT2D eigenvalue weighted by Gasteiger charge is 2.32. The largest absolute Gasteiger partial charge is 0.416 e. The number of methoxy groups -OCH3 is 1. The number of halogens is 3. The van der Waals surface area contributed by atoms with Gasteiger partial charge in [0.1, 0.15) is 0 Å². The van der Waals surface area contributed by atoms with E-state index in [2.05, 4.69) is 5.43 Å². The lowest BCUT2D eigenvalue weighted by Gasteiger charge is -2.32. The summed E-state index contributed by atoms with van der Waals surface area (Å²) in [5.74, 6) is 5.45. The molecule has 3 nitrogen and oxygen atoms in total. The lowest BCUT2D eigenvalue weighted by molar-refractivity contribution is -0.137. The predicted molar refractivity (Wildman–Crippen MR) is 67.3 cm³/mol. The first-order valence-electron chi connectivity index (χ1n) is 5.88. The van der Waals surface area contributed by atoms with E-state index in [9.17, 15) is 13.2 Å². The fraction of sp³-hybridized carbons (Fsp3) is 0.538. The van der Waals surface area contributed by atoms with E-state index in [0.29, 0.717) is 12.0 Å². The van der Waals surface area contributed by atoms with Gasteiger partial charge < -0.3 is 4.74 Å². The first-order valence-corrected chi connectivity index (χ1v) is 5.88. The summed E-state index contributed by atoms with van der Waals surface area (Å²) in [7, 11) is 1.54. The minimum Gasteiger partial charge on any atom is -0.377 e. The molecule has 0 aromatic heterocycles. The van der Waals surface area contributed by atoms with Crippen molar-refractivity contribution in [1.82, 2.24) is 5.43 Å². The Morgan fingerprint density at radius 1 is 1.32 bits per heavy atom. The van der Waals surface area contributed by atoms with Crippen LogP contribution in [0.1, 0.15) is 25.0 Å². The Morgan fingerprint density at radius 3 is 2.42 bits per heavy atom. The lowest BCUT2D eigenvalue weighted by Crippen LogP contribution is -2.52. The highest BCUT2D eigenvalue weighted by atomic mass is 19.4. The fourth-order valence-electron chi connectivity index (χ4n) is 1.76. The molecule has 0 bridgehead atoms. The molecule has 6 heteroatoms. The zero-order chi connectivity index (χ0) is 14.7. The topological polar surface area (TPSA) is 47.3 Å². The molecule has 0 heterocycles. The monoisotopic (exact) mass is 276 g/mol. The highest BCUT2D eigenvalue weighted by Crippen LogP contribution is 2.30. The van der Waals surface area contributed by atoms with Gasteiger partial charge in [-0.05, 0) is 31.9 Å². The second-order valence-electron chi connectivity index (χ2n) is 4.93. The molecular weight excluding hydrogens is 257 g/mol. The molecule has 0 spiro atoms. The SMILES string of the molecule is COC(C)(C)C(Cc1cccc(C(F)(F)F)c1)NN. The smallest absolute Gasteiger partial charge is 0.377 e. The van der Waals surface area contributed by atoms with Gasteiger partial charge in [-0.25, -0.2) is 0 Å². The van der Waals surface area contributed by atoms with Crippen molar-refractivity contribution in [2.24, 2.45) is 5.84 Å². The molecule has 3 N–H and O–H groups in total. The fourth-order valence-corrected chi connectivity index (χ4v) is 1.76. The summed E-state index contributed by atoms with van der Waals surface area (Å²) >= 11 is 0. The van der Waals surface area contributed by atoms with Crippen molar-refractivity contribution in [2.45, 2.75) is 38.1 Å². The van der Waals surface area contributed by atoms with Gasteiger partial charge in [0, 0.05) is 7.11 Å². The molecule has 108 valence electrons. The number of nitrogens with two attached hydrogens (primary N) is 1. The average molecular weight is 276 g/mol. The summed E-state index contributed by atoms with van der Waals surface area (Å²) in [5.41, 5.74) is 1.92. The standard InChI is InChI=1S/C13H19F3N2O/c1-12(2,19-3)11(18-17)8-9-5-4-6-10(7-9)13(14,15)16/h4-7,11,18H,8,17H2,1-3H3. The van der Waals surface area contributed by atoms with E-state index in [-0.39, 0.29) is 6.04 Å². The van der Waals surface area contributed by atoms with Gasteiger partial charge in [-0.1, -0.05) is 18.2 Å². The van der Waals surface area contributed by atoms with Crippen LogP contribution < -0.4 is 11.3 Å². The molecular formula is C13H19F3N2O. The Bertz CT molecular complexity index is 419. The number of alkyl halides is 3. The second kappa shape index (κ2) is 5.90. The molecule has 0 aliphatic heterocycles. The van der Waals surface area contributed by atoms with Crippen LogP contribution >= 0.6 is 0 Å². The molecule has 1 aromatic rings. The Kier molecular flexibility index (Phi) is 4.95.